The number of nitrogens with zero attached hydrogens (tertiary/aromatic N) is 2. The first kappa shape index (κ1) is 20.3. The van der Waals surface area contributed by atoms with Gasteiger partial charge in [0.1, 0.15) is 0 Å². The van der Waals surface area contributed by atoms with Crippen molar-refractivity contribution < 1.29 is 5.48 Å². The van der Waals surface area contributed by atoms with Crippen molar-refractivity contribution in [2.75, 3.05) is 7.05 Å². The highest BCUT2D eigenvalue weighted by molar-refractivity contribution is 5.85. The van der Waals surface area contributed by atoms with Gasteiger partial charge in [-0.25, -0.2) is 4.98 Å². The summed E-state index contributed by atoms with van der Waals surface area (Å²) in [6.45, 7) is 3.04. The summed E-state index contributed by atoms with van der Waals surface area (Å²) in [5, 5.41) is 3.16. The Hall–Kier alpha value is -1.07. The van der Waals surface area contributed by atoms with Crippen LogP contribution in [0.15, 0.2) is 42.9 Å². The Morgan fingerprint density at radius 3 is 2.42 bits per heavy atom. The van der Waals surface area contributed by atoms with Gasteiger partial charge in [-0.3, -0.25) is 0 Å². The molecule has 0 bridgehead atoms. The molecule has 0 aliphatic rings. The van der Waals surface area contributed by atoms with Gasteiger partial charge >= 0.3 is 0 Å². The molecule has 3 N–H and O–H groups in total. The molecular weight excluding hydrogens is 285 g/mol. The molecule has 2 aromatic rings. The molecule has 0 amide bonds. The third-order valence-corrected chi connectivity index (χ3v) is 2.80. The molecule has 1 unspecified atom stereocenters. The maximum atomic E-state index is 4.21. The molecule has 1 atom stereocenters. The predicted molar refractivity (Wildman–Crippen MR) is 83.4 cm³/mol. The highest BCUT2D eigenvalue weighted by Crippen LogP contribution is 2.18. The van der Waals surface area contributed by atoms with Gasteiger partial charge in [-0.2, -0.15) is 0 Å². The molecule has 0 fully saturated rings. The van der Waals surface area contributed by atoms with E-state index in [4.69, 9.17) is 0 Å². The van der Waals surface area contributed by atoms with Crippen molar-refractivity contribution in [2.24, 2.45) is 0 Å². The molecule has 2 rings (SSSR count). The quantitative estimate of drug-likeness (QED) is 0.941. The van der Waals surface area contributed by atoms with E-state index in [0.29, 0.717) is 6.04 Å². The fourth-order valence-corrected chi connectivity index (χ4v) is 1.89. The van der Waals surface area contributed by atoms with Crippen molar-refractivity contribution in [1.29, 1.82) is 0 Å². The maximum absolute atomic E-state index is 4.21. The van der Waals surface area contributed by atoms with E-state index in [0.717, 1.165) is 6.54 Å². The monoisotopic (exact) mass is 305 g/mol. The molecule has 19 heavy (non-hydrogen) atoms. The van der Waals surface area contributed by atoms with Gasteiger partial charge < -0.3 is 15.4 Å². The second-order valence-corrected chi connectivity index (χ2v) is 3.91. The minimum absolute atomic E-state index is 0. The molecule has 1 aromatic carbocycles. The van der Waals surface area contributed by atoms with Crippen molar-refractivity contribution in [3.63, 3.8) is 0 Å². The fourth-order valence-electron chi connectivity index (χ4n) is 1.89. The number of hydrogen-bond acceptors (Lipinski definition) is 2. The van der Waals surface area contributed by atoms with Crippen LogP contribution in [0.25, 0.3) is 0 Å². The highest BCUT2D eigenvalue weighted by atomic mass is 35.5. The zero-order chi connectivity index (χ0) is 11.4. The summed E-state index contributed by atoms with van der Waals surface area (Å²) in [5.41, 5.74) is 2.51. The molecule has 108 valence electrons. The van der Waals surface area contributed by atoms with Crippen molar-refractivity contribution in [3.05, 3.63) is 54.1 Å². The normalized spacial score (nSPS) is 10.6. The van der Waals surface area contributed by atoms with Crippen LogP contribution in [0.5, 0.6) is 0 Å². The highest BCUT2D eigenvalue weighted by Gasteiger charge is 2.10. The number of nitrogens with one attached hydrogen (secondary N) is 1. The van der Waals surface area contributed by atoms with Crippen LogP contribution >= 0.6 is 24.8 Å². The summed E-state index contributed by atoms with van der Waals surface area (Å²) in [4.78, 5) is 4.21. The third kappa shape index (κ3) is 4.84. The Labute approximate surface area is 126 Å². The van der Waals surface area contributed by atoms with E-state index < -0.39 is 0 Å². The van der Waals surface area contributed by atoms with Crippen molar-refractivity contribution in [1.82, 2.24) is 14.9 Å². The SMILES string of the molecule is CNCc1cncn1C(C)c1ccccc1.Cl.Cl.O. The molecule has 1 aromatic heterocycles. The van der Waals surface area contributed by atoms with Crippen LogP contribution in [0.3, 0.4) is 0 Å². The molecule has 0 aliphatic heterocycles. The predicted octanol–water partition coefficient (Wildman–Crippen LogP) is 2.23. The van der Waals surface area contributed by atoms with Gasteiger partial charge in [-0.1, -0.05) is 30.3 Å². The van der Waals surface area contributed by atoms with Crippen molar-refractivity contribution in [2.45, 2.75) is 19.5 Å². The molecule has 0 saturated heterocycles. The molecule has 6 heteroatoms. The van der Waals surface area contributed by atoms with Crippen LogP contribution in [0.2, 0.25) is 0 Å². The van der Waals surface area contributed by atoms with E-state index in [2.05, 4.69) is 46.1 Å². The van der Waals surface area contributed by atoms with E-state index in [1.54, 1.807) is 0 Å². The molecule has 0 saturated carbocycles. The lowest BCUT2D eigenvalue weighted by atomic mass is 10.1. The Kier molecular flexibility index (Phi) is 10.5. The molecule has 1 heterocycles. The lowest BCUT2D eigenvalue weighted by molar-refractivity contribution is 0.593. The largest absolute Gasteiger partial charge is 0.412 e. The van der Waals surface area contributed by atoms with Crippen molar-refractivity contribution >= 4 is 24.8 Å². The number of benzene rings is 1. The third-order valence-electron chi connectivity index (χ3n) is 2.80. The zero-order valence-corrected chi connectivity index (χ0v) is 12.7. The summed E-state index contributed by atoms with van der Waals surface area (Å²) in [6, 6.07) is 10.8. The summed E-state index contributed by atoms with van der Waals surface area (Å²) in [5.74, 6) is 0. The maximum Gasteiger partial charge on any atom is 0.0954 e. The summed E-state index contributed by atoms with van der Waals surface area (Å²) in [7, 11) is 1.95. The number of aromatic nitrogens is 2. The lowest BCUT2D eigenvalue weighted by Crippen LogP contribution is -2.14. The van der Waals surface area contributed by atoms with Gasteiger partial charge in [0.05, 0.1) is 18.1 Å². The van der Waals surface area contributed by atoms with Gasteiger partial charge in [0.25, 0.3) is 0 Å². The number of halogens is 2. The first-order valence-corrected chi connectivity index (χ1v) is 5.53. The fraction of sp³-hybridized carbons (Fsp3) is 0.308. The topological polar surface area (TPSA) is 61.4 Å². The number of imidazole rings is 1. The Bertz CT molecular complexity index is 448. The second kappa shape index (κ2) is 9.81. The van der Waals surface area contributed by atoms with Crippen LogP contribution in [0.1, 0.15) is 24.2 Å². The first-order valence-electron chi connectivity index (χ1n) is 5.53. The Morgan fingerprint density at radius 1 is 1.21 bits per heavy atom. The van der Waals surface area contributed by atoms with Crippen LogP contribution in [0, 0.1) is 0 Å². The van der Waals surface area contributed by atoms with Gasteiger partial charge in [-0.15, -0.1) is 24.8 Å². The van der Waals surface area contributed by atoms with Gasteiger partial charge in [0.15, 0.2) is 0 Å². The second-order valence-electron chi connectivity index (χ2n) is 3.91. The van der Waals surface area contributed by atoms with E-state index in [9.17, 15) is 0 Å². The van der Waals surface area contributed by atoms with Gasteiger partial charge in [-0.05, 0) is 19.5 Å². The van der Waals surface area contributed by atoms with E-state index >= 15 is 0 Å². The van der Waals surface area contributed by atoms with E-state index in [1.807, 2.05) is 25.6 Å². The molecule has 0 radical (unpaired) electrons. The molecule has 4 nitrogen and oxygen atoms in total. The number of hydrogen-bond donors (Lipinski definition) is 1. The van der Waals surface area contributed by atoms with Gasteiger partial charge in [0.2, 0.25) is 0 Å². The van der Waals surface area contributed by atoms with E-state index in [1.165, 1.54) is 11.3 Å². The average molecular weight is 306 g/mol. The average Bonchev–Trinajstić information content (AvgIpc) is 2.78. The van der Waals surface area contributed by atoms with Crippen LogP contribution < -0.4 is 5.32 Å². The standard InChI is InChI=1S/C13H17N3.2ClH.H2O/c1-11(12-6-4-3-5-7-12)16-10-15-9-13(16)8-14-2;;;/h3-7,9-11,14H,8H2,1-2H3;2*1H;1H2. The first-order chi connectivity index (χ1) is 7.83. The molecule has 0 aliphatic carbocycles. The smallest absolute Gasteiger partial charge is 0.0954 e. The van der Waals surface area contributed by atoms with Crippen molar-refractivity contribution in [3.8, 4) is 0 Å². The molecule has 0 spiro atoms. The van der Waals surface area contributed by atoms with Crippen LogP contribution in [0.4, 0.5) is 0 Å². The van der Waals surface area contributed by atoms with Crippen LogP contribution in [-0.2, 0) is 6.54 Å². The Morgan fingerprint density at radius 2 is 1.84 bits per heavy atom. The Balaban J connectivity index is 0. The minimum Gasteiger partial charge on any atom is -0.412 e. The summed E-state index contributed by atoms with van der Waals surface area (Å²) < 4.78 is 2.20. The zero-order valence-electron chi connectivity index (χ0n) is 11.0. The minimum atomic E-state index is 0. The summed E-state index contributed by atoms with van der Waals surface area (Å²) in [6.07, 6.45) is 3.81. The van der Waals surface area contributed by atoms with Gasteiger partial charge in [0, 0.05) is 12.7 Å². The van der Waals surface area contributed by atoms with E-state index in [-0.39, 0.29) is 30.3 Å². The lowest BCUT2D eigenvalue weighted by Gasteiger charge is -2.16. The van der Waals surface area contributed by atoms with Crippen LogP contribution in [-0.4, -0.2) is 22.1 Å². The molecular formula is C13H21Cl2N3O. The summed E-state index contributed by atoms with van der Waals surface area (Å²) >= 11 is 0. The number of rotatable bonds is 4.